The monoisotopic (exact) mass is 212 g/mol. The van der Waals surface area contributed by atoms with E-state index in [1.807, 2.05) is 33.2 Å². The molecule has 2 nitrogen and oxygen atoms in total. The van der Waals surface area contributed by atoms with Crippen molar-refractivity contribution >= 4 is 11.6 Å². The fraction of sp³-hybridized carbons (Fsp3) is 0.455. The van der Waals surface area contributed by atoms with Crippen molar-refractivity contribution in [3.05, 3.63) is 34.3 Å². The number of nitrogens with two attached hydrogens (primary N) is 1. The van der Waals surface area contributed by atoms with Crippen LogP contribution in [0.1, 0.15) is 17.2 Å². The van der Waals surface area contributed by atoms with Gasteiger partial charge in [0.25, 0.3) is 0 Å². The molecule has 1 rings (SSSR count). The van der Waals surface area contributed by atoms with Crippen LogP contribution in [0.4, 0.5) is 0 Å². The summed E-state index contributed by atoms with van der Waals surface area (Å²) in [4.78, 5) is 2.10. The van der Waals surface area contributed by atoms with Gasteiger partial charge < -0.3 is 10.6 Å². The van der Waals surface area contributed by atoms with Gasteiger partial charge >= 0.3 is 0 Å². The van der Waals surface area contributed by atoms with E-state index in [-0.39, 0.29) is 6.04 Å². The molecular weight excluding hydrogens is 196 g/mol. The summed E-state index contributed by atoms with van der Waals surface area (Å²) in [6, 6.07) is 6.35. The summed E-state index contributed by atoms with van der Waals surface area (Å²) >= 11 is 6.06. The minimum atomic E-state index is 0.244. The van der Waals surface area contributed by atoms with Crippen LogP contribution in [0.3, 0.4) is 0 Å². The van der Waals surface area contributed by atoms with Crippen molar-refractivity contribution in [2.24, 2.45) is 5.73 Å². The van der Waals surface area contributed by atoms with Crippen LogP contribution in [0.2, 0.25) is 5.02 Å². The topological polar surface area (TPSA) is 29.3 Å². The second-order valence-corrected chi connectivity index (χ2v) is 4.13. The molecule has 0 heterocycles. The van der Waals surface area contributed by atoms with Gasteiger partial charge in [0, 0.05) is 17.6 Å². The molecule has 1 aromatic carbocycles. The Morgan fingerprint density at radius 2 is 2.07 bits per heavy atom. The molecule has 2 N–H and O–H groups in total. The van der Waals surface area contributed by atoms with Crippen molar-refractivity contribution in [3.8, 4) is 0 Å². The highest BCUT2D eigenvalue weighted by molar-refractivity contribution is 6.31. The highest BCUT2D eigenvalue weighted by Crippen LogP contribution is 2.23. The molecule has 0 bridgehead atoms. The van der Waals surface area contributed by atoms with E-state index in [1.165, 1.54) is 5.56 Å². The quantitative estimate of drug-likeness (QED) is 0.833. The maximum atomic E-state index is 6.06. The van der Waals surface area contributed by atoms with Crippen LogP contribution in [0.5, 0.6) is 0 Å². The zero-order valence-electron chi connectivity index (χ0n) is 8.92. The van der Waals surface area contributed by atoms with E-state index in [1.54, 1.807) is 0 Å². The van der Waals surface area contributed by atoms with E-state index in [9.17, 15) is 0 Å². The number of benzene rings is 1. The van der Waals surface area contributed by atoms with Crippen LogP contribution >= 0.6 is 11.6 Å². The van der Waals surface area contributed by atoms with Gasteiger partial charge in [0.1, 0.15) is 0 Å². The number of aryl methyl sites for hydroxylation is 1. The zero-order chi connectivity index (χ0) is 10.7. The van der Waals surface area contributed by atoms with E-state index in [0.29, 0.717) is 6.54 Å². The van der Waals surface area contributed by atoms with E-state index in [2.05, 4.69) is 11.0 Å². The number of hydrogen-bond acceptors (Lipinski definition) is 2. The van der Waals surface area contributed by atoms with E-state index in [0.717, 1.165) is 10.6 Å². The fourth-order valence-electron chi connectivity index (χ4n) is 1.46. The third kappa shape index (κ3) is 2.47. The van der Waals surface area contributed by atoms with Gasteiger partial charge in [-0.1, -0.05) is 23.7 Å². The van der Waals surface area contributed by atoms with Gasteiger partial charge in [-0.2, -0.15) is 0 Å². The van der Waals surface area contributed by atoms with Crippen LogP contribution in [0.15, 0.2) is 18.2 Å². The minimum Gasteiger partial charge on any atom is -0.329 e. The molecule has 1 aromatic rings. The zero-order valence-corrected chi connectivity index (χ0v) is 9.67. The number of halogens is 1. The lowest BCUT2D eigenvalue weighted by molar-refractivity contribution is 0.306. The maximum Gasteiger partial charge on any atom is 0.0465 e. The lowest BCUT2D eigenvalue weighted by Crippen LogP contribution is -2.27. The van der Waals surface area contributed by atoms with E-state index < -0.39 is 0 Å². The number of likely N-dealkylation sites (N-methyl/N-ethyl adjacent to an activating group) is 1. The van der Waals surface area contributed by atoms with Crippen molar-refractivity contribution in [2.75, 3.05) is 20.6 Å². The van der Waals surface area contributed by atoms with Crippen LogP contribution in [0, 0.1) is 6.92 Å². The van der Waals surface area contributed by atoms with Crippen molar-refractivity contribution < 1.29 is 0 Å². The van der Waals surface area contributed by atoms with Gasteiger partial charge in [0.15, 0.2) is 0 Å². The minimum absolute atomic E-state index is 0.244. The van der Waals surface area contributed by atoms with Gasteiger partial charge in [-0.15, -0.1) is 0 Å². The van der Waals surface area contributed by atoms with Crippen LogP contribution < -0.4 is 5.73 Å². The molecule has 1 unspecified atom stereocenters. The van der Waals surface area contributed by atoms with E-state index in [4.69, 9.17) is 17.3 Å². The van der Waals surface area contributed by atoms with Crippen molar-refractivity contribution in [1.29, 1.82) is 0 Å². The molecule has 0 saturated carbocycles. The summed E-state index contributed by atoms with van der Waals surface area (Å²) in [5.74, 6) is 0. The largest absolute Gasteiger partial charge is 0.329 e. The molecular formula is C11H17ClN2. The summed E-state index contributed by atoms with van der Waals surface area (Å²) in [6.07, 6.45) is 0. The van der Waals surface area contributed by atoms with E-state index >= 15 is 0 Å². The van der Waals surface area contributed by atoms with Crippen molar-refractivity contribution in [3.63, 3.8) is 0 Å². The normalized spacial score (nSPS) is 13.3. The Morgan fingerprint density at radius 3 is 2.50 bits per heavy atom. The predicted molar refractivity (Wildman–Crippen MR) is 61.7 cm³/mol. The average molecular weight is 213 g/mol. The highest BCUT2D eigenvalue weighted by atomic mass is 35.5. The first-order chi connectivity index (χ1) is 6.56. The molecule has 0 aliphatic heterocycles. The summed E-state index contributed by atoms with van der Waals surface area (Å²) in [6.45, 7) is 2.60. The Hall–Kier alpha value is -0.570. The summed E-state index contributed by atoms with van der Waals surface area (Å²) in [7, 11) is 4.04. The van der Waals surface area contributed by atoms with Gasteiger partial charge in [0.05, 0.1) is 0 Å². The second-order valence-electron chi connectivity index (χ2n) is 3.72. The predicted octanol–water partition coefficient (Wildman–Crippen LogP) is 2.21. The fourth-order valence-corrected chi connectivity index (χ4v) is 1.65. The van der Waals surface area contributed by atoms with Gasteiger partial charge in [0.2, 0.25) is 0 Å². The molecule has 14 heavy (non-hydrogen) atoms. The Kier molecular flexibility index (Phi) is 3.93. The SMILES string of the molecule is Cc1ccc(C(CN)N(C)C)cc1Cl. The third-order valence-corrected chi connectivity index (χ3v) is 2.83. The molecule has 0 saturated heterocycles. The lowest BCUT2D eigenvalue weighted by Gasteiger charge is -2.23. The van der Waals surface area contributed by atoms with Crippen LogP contribution in [0.25, 0.3) is 0 Å². The molecule has 0 radical (unpaired) electrons. The standard InChI is InChI=1S/C11H17ClN2/c1-8-4-5-9(6-10(8)12)11(7-13)14(2)3/h4-6,11H,7,13H2,1-3H3. The summed E-state index contributed by atoms with van der Waals surface area (Å²) in [5.41, 5.74) is 7.99. The molecule has 0 fully saturated rings. The molecule has 0 aliphatic carbocycles. The average Bonchev–Trinajstić information content (AvgIpc) is 2.11. The molecule has 1 atom stereocenters. The Bertz CT molecular complexity index is 310. The molecule has 0 aliphatic rings. The maximum absolute atomic E-state index is 6.06. The summed E-state index contributed by atoms with van der Waals surface area (Å²) < 4.78 is 0. The van der Waals surface area contributed by atoms with Crippen LogP contribution in [-0.4, -0.2) is 25.5 Å². The second kappa shape index (κ2) is 4.78. The molecule has 78 valence electrons. The first-order valence-electron chi connectivity index (χ1n) is 4.68. The number of rotatable bonds is 3. The molecule has 0 spiro atoms. The Morgan fingerprint density at radius 1 is 1.43 bits per heavy atom. The smallest absolute Gasteiger partial charge is 0.0465 e. The Labute approximate surface area is 90.7 Å². The Balaban J connectivity index is 3.00. The van der Waals surface area contributed by atoms with Gasteiger partial charge in [-0.3, -0.25) is 0 Å². The van der Waals surface area contributed by atoms with Gasteiger partial charge in [-0.25, -0.2) is 0 Å². The number of hydrogen-bond donors (Lipinski definition) is 1. The lowest BCUT2D eigenvalue weighted by atomic mass is 10.0. The van der Waals surface area contributed by atoms with Crippen molar-refractivity contribution in [1.82, 2.24) is 4.90 Å². The van der Waals surface area contributed by atoms with Crippen molar-refractivity contribution in [2.45, 2.75) is 13.0 Å². The van der Waals surface area contributed by atoms with Gasteiger partial charge in [-0.05, 0) is 38.2 Å². The highest BCUT2D eigenvalue weighted by Gasteiger charge is 2.12. The molecule has 3 heteroatoms. The molecule has 0 amide bonds. The first-order valence-corrected chi connectivity index (χ1v) is 5.06. The third-order valence-electron chi connectivity index (χ3n) is 2.43. The first kappa shape index (κ1) is 11.5. The number of nitrogens with zero attached hydrogens (tertiary/aromatic N) is 1. The molecule has 0 aromatic heterocycles. The van der Waals surface area contributed by atoms with Crippen LogP contribution in [-0.2, 0) is 0 Å². The summed E-state index contributed by atoms with van der Waals surface area (Å²) in [5, 5.41) is 0.808.